The number of amides is 2. The molecular weight excluding hydrogens is 220 g/mol. The van der Waals surface area contributed by atoms with Gasteiger partial charge in [-0.3, -0.25) is 0 Å². The molecule has 3 N–H and O–H groups in total. The highest BCUT2D eigenvalue weighted by Crippen LogP contribution is 2.32. The molecule has 0 aliphatic heterocycles. The molecule has 0 heterocycles. The maximum absolute atomic E-state index is 11.6. The fraction of sp³-hybridized carbons (Fsp3) is 0.833. The van der Waals surface area contributed by atoms with Crippen molar-refractivity contribution >= 4 is 12.0 Å². The van der Waals surface area contributed by atoms with E-state index in [0.29, 0.717) is 5.92 Å². The molecular formula is C12H22N2O3. The molecule has 17 heavy (non-hydrogen) atoms. The number of carbonyl (C=O) groups excluding carboxylic acids is 1. The van der Waals surface area contributed by atoms with Gasteiger partial charge in [-0.25, -0.2) is 9.59 Å². The lowest BCUT2D eigenvalue weighted by atomic mass is 9.99. The van der Waals surface area contributed by atoms with Crippen molar-refractivity contribution in [3.8, 4) is 0 Å². The maximum Gasteiger partial charge on any atom is 0.326 e. The molecule has 1 aliphatic rings. The molecule has 4 atom stereocenters. The molecule has 1 saturated carbocycles. The van der Waals surface area contributed by atoms with Crippen LogP contribution in [0.3, 0.4) is 0 Å². The third-order valence-electron chi connectivity index (χ3n) is 3.53. The number of hydrogen-bond donors (Lipinski definition) is 3. The van der Waals surface area contributed by atoms with Gasteiger partial charge in [0.2, 0.25) is 0 Å². The van der Waals surface area contributed by atoms with Gasteiger partial charge in [0, 0.05) is 6.04 Å². The number of rotatable bonds is 6. The van der Waals surface area contributed by atoms with E-state index in [1.807, 2.05) is 13.8 Å². The number of aliphatic carboxylic acids is 1. The zero-order chi connectivity index (χ0) is 13.0. The molecule has 0 radical (unpaired) electrons. The summed E-state index contributed by atoms with van der Waals surface area (Å²) in [4.78, 5) is 22.6. The average Bonchev–Trinajstić information content (AvgIpc) is 3.02. The molecule has 5 nitrogen and oxygen atoms in total. The van der Waals surface area contributed by atoms with E-state index in [1.54, 1.807) is 0 Å². The van der Waals surface area contributed by atoms with E-state index in [9.17, 15) is 9.59 Å². The Kier molecular flexibility index (Phi) is 4.78. The number of carboxylic acid groups (broad SMARTS) is 1. The number of carboxylic acids is 1. The van der Waals surface area contributed by atoms with E-state index >= 15 is 0 Å². The van der Waals surface area contributed by atoms with Gasteiger partial charge in [-0.05, 0) is 18.3 Å². The summed E-state index contributed by atoms with van der Waals surface area (Å²) in [6.45, 7) is 5.82. The fourth-order valence-electron chi connectivity index (χ4n) is 1.91. The predicted molar refractivity (Wildman–Crippen MR) is 64.7 cm³/mol. The van der Waals surface area contributed by atoms with Crippen LogP contribution in [0, 0.1) is 11.8 Å². The summed E-state index contributed by atoms with van der Waals surface area (Å²) in [5.74, 6) is -0.482. The van der Waals surface area contributed by atoms with Crippen molar-refractivity contribution in [1.29, 1.82) is 0 Å². The molecule has 98 valence electrons. The largest absolute Gasteiger partial charge is 0.480 e. The number of carbonyl (C=O) groups is 2. The van der Waals surface area contributed by atoms with Crippen LogP contribution in [0.1, 0.15) is 40.0 Å². The first-order valence-corrected chi connectivity index (χ1v) is 6.29. The second-order valence-electron chi connectivity index (χ2n) is 4.83. The van der Waals surface area contributed by atoms with Crippen LogP contribution >= 0.6 is 0 Å². The van der Waals surface area contributed by atoms with Crippen LogP contribution in [-0.4, -0.2) is 29.2 Å². The van der Waals surface area contributed by atoms with Crippen molar-refractivity contribution < 1.29 is 14.7 Å². The highest BCUT2D eigenvalue weighted by molar-refractivity contribution is 5.83. The molecule has 5 heteroatoms. The summed E-state index contributed by atoms with van der Waals surface area (Å²) in [5.41, 5.74) is 0. The molecule has 2 amide bonds. The topological polar surface area (TPSA) is 78.4 Å². The molecule has 0 bridgehead atoms. The summed E-state index contributed by atoms with van der Waals surface area (Å²) in [6, 6.07) is -0.941. The normalized spacial score (nSPS) is 25.8. The van der Waals surface area contributed by atoms with Crippen LogP contribution in [0.2, 0.25) is 0 Å². The Balaban J connectivity index is 2.39. The molecule has 0 aromatic carbocycles. The van der Waals surface area contributed by atoms with Gasteiger partial charge in [0.1, 0.15) is 6.04 Å². The highest BCUT2D eigenvalue weighted by Gasteiger charge is 2.37. The standard InChI is InChI=1S/C12H22N2O3/c1-4-7(3)10(11(15)16)14-12(17)13-9-6-8(9)5-2/h7-10H,4-6H2,1-3H3,(H,15,16)(H2,13,14,17). The smallest absolute Gasteiger partial charge is 0.326 e. The second kappa shape index (κ2) is 5.89. The van der Waals surface area contributed by atoms with Crippen LogP contribution < -0.4 is 10.6 Å². The zero-order valence-corrected chi connectivity index (χ0v) is 10.7. The van der Waals surface area contributed by atoms with Crippen molar-refractivity contribution in [3.05, 3.63) is 0 Å². The summed E-state index contributed by atoms with van der Waals surface area (Å²) in [5, 5.41) is 14.4. The quantitative estimate of drug-likeness (QED) is 0.661. The molecule has 0 spiro atoms. The third kappa shape index (κ3) is 3.91. The lowest BCUT2D eigenvalue weighted by molar-refractivity contribution is -0.140. The monoisotopic (exact) mass is 242 g/mol. The Morgan fingerprint density at radius 1 is 1.41 bits per heavy atom. The van der Waals surface area contributed by atoms with Crippen molar-refractivity contribution in [1.82, 2.24) is 10.6 Å². The van der Waals surface area contributed by atoms with Gasteiger partial charge in [-0.1, -0.05) is 33.6 Å². The van der Waals surface area contributed by atoms with E-state index < -0.39 is 12.0 Å². The van der Waals surface area contributed by atoms with Gasteiger partial charge in [0.25, 0.3) is 0 Å². The van der Waals surface area contributed by atoms with E-state index in [4.69, 9.17) is 5.11 Å². The summed E-state index contributed by atoms with van der Waals surface area (Å²) >= 11 is 0. The fourth-order valence-corrected chi connectivity index (χ4v) is 1.91. The van der Waals surface area contributed by atoms with E-state index in [1.165, 1.54) is 0 Å². The van der Waals surface area contributed by atoms with Gasteiger partial charge in [0.15, 0.2) is 0 Å². The first kappa shape index (κ1) is 13.8. The summed E-state index contributed by atoms with van der Waals surface area (Å²) in [7, 11) is 0. The number of nitrogens with one attached hydrogen (secondary N) is 2. The maximum atomic E-state index is 11.6. The highest BCUT2D eigenvalue weighted by atomic mass is 16.4. The molecule has 0 saturated heterocycles. The van der Waals surface area contributed by atoms with E-state index in [0.717, 1.165) is 19.3 Å². The van der Waals surface area contributed by atoms with Crippen molar-refractivity contribution in [2.75, 3.05) is 0 Å². The molecule has 0 aromatic heterocycles. The average molecular weight is 242 g/mol. The zero-order valence-electron chi connectivity index (χ0n) is 10.7. The lowest BCUT2D eigenvalue weighted by Gasteiger charge is -2.20. The van der Waals surface area contributed by atoms with Gasteiger partial charge >= 0.3 is 12.0 Å². The molecule has 4 unspecified atom stereocenters. The summed E-state index contributed by atoms with van der Waals surface area (Å²) < 4.78 is 0. The third-order valence-corrected chi connectivity index (χ3v) is 3.53. The van der Waals surface area contributed by atoms with Crippen LogP contribution in [-0.2, 0) is 4.79 Å². The Morgan fingerprint density at radius 3 is 2.47 bits per heavy atom. The van der Waals surface area contributed by atoms with Crippen LogP contribution in [0.4, 0.5) is 4.79 Å². The SMILES string of the molecule is CCC(C)C(NC(=O)NC1CC1CC)C(=O)O. The first-order valence-electron chi connectivity index (χ1n) is 6.29. The van der Waals surface area contributed by atoms with Gasteiger partial charge in [-0.15, -0.1) is 0 Å². The molecule has 1 aliphatic carbocycles. The minimum absolute atomic E-state index is 0.0700. The Morgan fingerprint density at radius 2 is 2.06 bits per heavy atom. The van der Waals surface area contributed by atoms with E-state index in [2.05, 4.69) is 17.6 Å². The molecule has 1 fully saturated rings. The van der Waals surface area contributed by atoms with Gasteiger partial charge < -0.3 is 15.7 Å². The Hall–Kier alpha value is -1.26. The van der Waals surface area contributed by atoms with Gasteiger partial charge in [0.05, 0.1) is 0 Å². The molecule has 1 rings (SSSR count). The molecule has 0 aromatic rings. The van der Waals surface area contributed by atoms with Gasteiger partial charge in [-0.2, -0.15) is 0 Å². The minimum Gasteiger partial charge on any atom is -0.480 e. The Labute approximate surface area is 102 Å². The lowest BCUT2D eigenvalue weighted by Crippen LogP contribution is -2.49. The minimum atomic E-state index is -0.975. The van der Waals surface area contributed by atoms with Crippen molar-refractivity contribution in [3.63, 3.8) is 0 Å². The Bertz CT molecular complexity index is 293. The van der Waals surface area contributed by atoms with Crippen LogP contribution in [0.25, 0.3) is 0 Å². The van der Waals surface area contributed by atoms with Crippen LogP contribution in [0.15, 0.2) is 0 Å². The van der Waals surface area contributed by atoms with Crippen LogP contribution in [0.5, 0.6) is 0 Å². The number of hydrogen-bond acceptors (Lipinski definition) is 2. The van der Waals surface area contributed by atoms with E-state index in [-0.39, 0.29) is 18.0 Å². The van der Waals surface area contributed by atoms with Crippen molar-refractivity contribution in [2.45, 2.75) is 52.1 Å². The second-order valence-corrected chi connectivity index (χ2v) is 4.83. The predicted octanol–water partition coefficient (Wildman–Crippen LogP) is 1.58. The number of urea groups is 1. The first-order chi connectivity index (χ1) is 7.99. The summed E-state index contributed by atoms with van der Waals surface area (Å²) in [6.07, 6.45) is 2.78. The van der Waals surface area contributed by atoms with Crippen molar-refractivity contribution in [2.24, 2.45) is 11.8 Å².